The maximum Gasteiger partial charge on any atom is 0.296 e. The zero-order valence-corrected chi connectivity index (χ0v) is 10.9. The quantitative estimate of drug-likeness (QED) is 0.656. The lowest BCUT2D eigenvalue weighted by Crippen LogP contribution is -2.14. The van der Waals surface area contributed by atoms with E-state index in [1.54, 1.807) is 6.92 Å². The predicted octanol–water partition coefficient (Wildman–Crippen LogP) is 1.57. The maximum atomic E-state index is 13.0. The molecular formula is C10H9FN4O4S. The molecule has 0 aliphatic rings. The van der Waals surface area contributed by atoms with Crippen molar-refractivity contribution in [3.63, 3.8) is 0 Å². The number of benzene rings is 1. The first-order valence-electron chi connectivity index (χ1n) is 5.28. The Labute approximate surface area is 112 Å². The molecule has 0 atom stereocenters. The number of aromatic nitrogens is 2. The number of nitrogens with one attached hydrogen (secondary N) is 2. The van der Waals surface area contributed by atoms with Gasteiger partial charge in [-0.2, -0.15) is 8.42 Å². The van der Waals surface area contributed by atoms with Crippen molar-refractivity contribution in [2.45, 2.75) is 11.9 Å². The van der Waals surface area contributed by atoms with Crippen LogP contribution in [0.5, 0.6) is 0 Å². The Balaban J connectivity index is 2.42. The molecule has 0 unspecified atom stereocenters. The zero-order chi connectivity index (χ0) is 14.9. The fraction of sp³-hybridized carbons (Fsp3) is 0.100. The number of nitrogens with zero attached hydrogens (tertiary/aromatic N) is 2. The van der Waals surface area contributed by atoms with Crippen molar-refractivity contribution in [2.75, 3.05) is 4.72 Å². The molecule has 0 amide bonds. The second-order valence-corrected chi connectivity index (χ2v) is 5.51. The summed E-state index contributed by atoms with van der Waals surface area (Å²) in [4.78, 5) is 16.1. The molecule has 106 valence electrons. The third kappa shape index (κ3) is 2.74. The lowest BCUT2D eigenvalue weighted by Gasteiger charge is -2.06. The highest BCUT2D eigenvalue weighted by Gasteiger charge is 2.22. The Bertz CT molecular complexity index is 771. The van der Waals surface area contributed by atoms with Crippen LogP contribution >= 0.6 is 0 Å². The second-order valence-electron chi connectivity index (χ2n) is 3.86. The van der Waals surface area contributed by atoms with Gasteiger partial charge in [0.1, 0.15) is 17.3 Å². The Morgan fingerprint density at radius 1 is 1.45 bits per heavy atom. The molecular weight excluding hydrogens is 291 g/mol. The summed E-state index contributed by atoms with van der Waals surface area (Å²) in [5.74, 6) is -0.462. The summed E-state index contributed by atoms with van der Waals surface area (Å²) in [6.07, 6.45) is 1.08. The minimum absolute atomic E-state index is 0.242. The molecule has 2 N–H and O–H groups in total. The van der Waals surface area contributed by atoms with E-state index in [2.05, 4.69) is 9.97 Å². The third-order valence-electron chi connectivity index (χ3n) is 2.37. The zero-order valence-electron chi connectivity index (χ0n) is 10.1. The van der Waals surface area contributed by atoms with Gasteiger partial charge in [0.2, 0.25) is 0 Å². The van der Waals surface area contributed by atoms with Gasteiger partial charge in [-0.1, -0.05) is 0 Å². The summed E-state index contributed by atoms with van der Waals surface area (Å²) < 4.78 is 38.9. The molecule has 0 aliphatic heterocycles. The highest BCUT2D eigenvalue weighted by atomic mass is 32.2. The topological polar surface area (TPSA) is 118 Å². The molecule has 0 spiro atoms. The molecule has 0 bridgehead atoms. The molecule has 1 aromatic heterocycles. The van der Waals surface area contributed by atoms with Gasteiger partial charge in [0, 0.05) is 0 Å². The number of hydrogen-bond acceptors (Lipinski definition) is 5. The van der Waals surface area contributed by atoms with E-state index in [9.17, 15) is 22.9 Å². The lowest BCUT2D eigenvalue weighted by molar-refractivity contribution is -0.384. The van der Waals surface area contributed by atoms with Crippen LogP contribution in [0.25, 0.3) is 0 Å². The summed E-state index contributed by atoms with van der Waals surface area (Å²) in [6, 6.07) is 2.54. The van der Waals surface area contributed by atoms with Gasteiger partial charge in [-0.15, -0.1) is 0 Å². The highest BCUT2D eigenvalue weighted by Crippen LogP contribution is 2.27. The Morgan fingerprint density at radius 2 is 2.15 bits per heavy atom. The molecule has 10 heteroatoms. The molecule has 0 fully saturated rings. The van der Waals surface area contributed by atoms with E-state index >= 15 is 0 Å². The van der Waals surface area contributed by atoms with Crippen LogP contribution in [-0.4, -0.2) is 23.3 Å². The molecule has 2 aromatic rings. The number of sulfonamides is 1. The van der Waals surface area contributed by atoms with Gasteiger partial charge < -0.3 is 4.98 Å². The van der Waals surface area contributed by atoms with E-state index < -0.39 is 26.5 Å². The number of aromatic amines is 1. The summed E-state index contributed by atoms with van der Waals surface area (Å²) in [6.45, 7) is 1.55. The molecule has 1 heterocycles. The van der Waals surface area contributed by atoms with E-state index in [4.69, 9.17) is 0 Å². The highest BCUT2D eigenvalue weighted by molar-refractivity contribution is 7.92. The van der Waals surface area contributed by atoms with E-state index in [0.717, 1.165) is 18.3 Å². The number of hydrogen-bond donors (Lipinski definition) is 2. The van der Waals surface area contributed by atoms with Crippen LogP contribution < -0.4 is 4.72 Å². The Hall–Kier alpha value is -2.49. The van der Waals surface area contributed by atoms with Crippen molar-refractivity contribution in [2.24, 2.45) is 0 Å². The van der Waals surface area contributed by atoms with Crippen LogP contribution in [-0.2, 0) is 10.0 Å². The van der Waals surface area contributed by atoms with Crippen LogP contribution in [0.2, 0.25) is 0 Å². The van der Waals surface area contributed by atoms with Crippen molar-refractivity contribution in [3.8, 4) is 0 Å². The number of aryl methyl sites for hydroxylation is 1. The molecule has 1 aromatic carbocycles. The van der Waals surface area contributed by atoms with Crippen LogP contribution in [0.15, 0.2) is 29.4 Å². The average Bonchev–Trinajstić information content (AvgIpc) is 2.78. The largest absolute Gasteiger partial charge is 0.332 e. The minimum Gasteiger partial charge on any atom is -0.332 e. The Kier molecular flexibility index (Phi) is 3.40. The van der Waals surface area contributed by atoms with Crippen molar-refractivity contribution < 1.29 is 17.7 Å². The third-order valence-corrected chi connectivity index (χ3v) is 3.65. The molecule has 0 saturated carbocycles. The molecule has 2 rings (SSSR count). The number of imidazole rings is 1. The predicted molar refractivity (Wildman–Crippen MR) is 67.2 cm³/mol. The number of nitro groups is 1. The van der Waals surface area contributed by atoms with Gasteiger partial charge in [-0.05, 0) is 19.1 Å². The number of rotatable bonds is 4. The first-order chi connectivity index (χ1) is 9.29. The van der Waals surface area contributed by atoms with E-state index in [0.29, 0.717) is 11.9 Å². The van der Waals surface area contributed by atoms with Crippen LogP contribution in [0.3, 0.4) is 0 Å². The summed E-state index contributed by atoms with van der Waals surface area (Å²) in [7, 11) is -4.06. The summed E-state index contributed by atoms with van der Waals surface area (Å²) in [5, 5.41) is 10.5. The van der Waals surface area contributed by atoms with E-state index in [1.807, 2.05) is 4.72 Å². The summed E-state index contributed by atoms with van der Waals surface area (Å²) >= 11 is 0. The fourth-order valence-corrected chi connectivity index (χ4v) is 2.52. The van der Waals surface area contributed by atoms with E-state index in [1.165, 1.54) is 0 Å². The normalized spacial score (nSPS) is 11.3. The minimum atomic E-state index is -4.06. The standard InChI is InChI=1S/C10H9FN4O4S/c1-6-12-5-10(13-6)20(18,19)14-8-3-2-7(11)4-9(8)15(16)17/h2-5,14H,1H3,(H,12,13). The van der Waals surface area contributed by atoms with Gasteiger partial charge in [0.05, 0.1) is 17.2 Å². The fourth-order valence-electron chi connectivity index (χ4n) is 1.48. The van der Waals surface area contributed by atoms with Crippen LogP contribution in [0.4, 0.5) is 15.8 Å². The number of nitro benzene ring substituents is 1. The van der Waals surface area contributed by atoms with Crippen LogP contribution in [0.1, 0.15) is 5.82 Å². The number of halogens is 1. The second kappa shape index (κ2) is 4.89. The van der Waals surface area contributed by atoms with Crippen molar-refractivity contribution >= 4 is 21.4 Å². The van der Waals surface area contributed by atoms with Gasteiger partial charge >= 0.3 is 0 Å². The first kappa shape index (κ1) is 13.9. The van der Waals surface area contributed by atoms with Gasteiger partial charge in [-0.3, -0.25) is 14.8 Å². The average molecular weight is 300 g/mol. The molecule has 8 nitrogen and oxygen atoms in total. The van der Waals surface area contributed by atoms with Crippen LogP contribution in [0, 0.1) is 22.9 Å². The molecule has 0 aliphatic carbocycles. The molecule has 0 radical (unpaired) electrons. The van der Waals surface area contributed by atoms with Crippen molar-refractivity contribution in [1.29, 1.82) is 0 Å². The Morgan fingerprint density at radius 3 is 2.70 bits per heavy atom. The monoisotopic (exact) mass is 300 g/mol. The van der Waals surface area contributed by atoms with Gasteiger partial charge in [-0.25, -0.2) is 9.37 Å². The molecule has 0 saturated heterocycles. The van der Waals surface area contributed by atoms with Crippen molar-refractivity contribution in [1.82, 2.24) is 9.97 Å². The smallest absolute Gasteiger partial charge is 0.296 e. The molecule has 20 heavy (non-hydrogen) atoms. The lowest BCUT2D eigenvalue weighted by atomic mass is 10.3. The van der Waals surface area contributed by atoms with E-state index in [-0.39, 0.29) is 10.7 Å². The number of H-pyrrole nitrogens is 1. The summed E-state index contributed by atoms with van der Waals surface area (Å²) in [5.41, 5.74) is -1.01. The maximum absolute atomic E-state index is 13.0. The van der Waals surface area contributed by atoms with Gasteiger partial charge in [0.25, 0.3) is 15.7 Å². The first-order valence-corrected chi connectivity index (χ1v) is 6.76. The van der Waals surface area contributed by atoms with Crippen molar-refractivity contribution in [3.05, 3.63) is 46.2 Å². The van der Waals surface area contributed by atoms with Gasteiger partial charge in [0.15, 0.2) is 5.03 Å². The SMILES string of the molecule is Cc1ncc(S(=O)(=O)Nc2ccc(F)cc2[N+](=O)[O-])[nH]1. The number of anilines is 1.